The first kappa shape index (κ1) is 15.4. The molecule has 2 heterocycles. The first-order chi connectivity index (χ1) is 12.2. The van der Waals surface area contributed by atoms with Gasteiger partial charge in [0.05, 0.1) is 6.54 Å². The fourth-order valence-electron chi connectivity index (χ4n) is 3.08. The van der Waals surface area contributed by atoms with Gasteiger partial charge in [0.2, 0.25) is 0 Å². The van der Waals surface area contributed by atoms with Crippen molar-refractivity contribution < 1.29 is 4.79 Å². The molecule has 0 saturated carbocycles. The Morgan fingerprint density at radius 1 is 1.16 bits per heavy atom. The highest BCUT2D eigenvalue weighted by Crippen LogP contribution is 2.29. The molecule has 0 radical (unpaired) electrons. The Hall–Kier alpha value is -3.15. The van der Waals surface area contributed by atoms with Gasteiger partial charge >= 0.3 is 0 Å². The number of benzene rings is 2. The predicted octanol–water partition coefficient (Wildman–Crippen LogP) is 2.63. The zero-order chi connectivity index (χ0) is 17.2. The third-order valence-corrected chi connectivity index (χ3v) is 4.52. The summed E-state index contributed by atoms with van der Waals surface area (Å²) >= 11 is 0. The van der Waals surface area contributed by atoms with E-state index in [1.54, 1.807) is 6.33 Å². The molecule has 0 aliphatic carbocycles. The second-order valence-corrected chi connectivity index (χ2v) is 6.12. The molecule has 0 fully saturated rings. The molecule has 1 aliphatic rings. The summed E-state index contributed by atoms with van der Waals surface area (Å²) in [6.07, 6.45) is 2.59. The van der Waals surface area contributed by atoms with Crippen LogP contribution < -0.4 is 10.2 Å². The monoisotopic (exact) mass is 333 g/mol. The topological polar surface area (TPSA) is 63.1 Å². The van der Waals surface area contributed by atoms with Crippen molar-refractivity contribution in [3.05, 3.63) is 71.8 Å². The number of hydrogen-bond donors (Lipinski definition) is 1. The molecule has 6 nitrogen and oxygen atoms in total. The summed E-state index contributed by atoms with van der Waals surface area (Å²) in [5, 5.41) is 11.2. The molecular weight excluding hydrogens is 314 g/mol. The molecule has 0 bridgehead atoms. The Labute approximate surface area is 146 Å². The van der Waals surface area contributed by atoms with E-state index in [4.69, 9.17) is 0 Å². The summed E-state index contributed by atoms with van der Waals surface area (Å²) in [5.74, 6) is 0.902. The Bertz CT molecular complexity index is 900. The summed E-state index contributed by atoms with van der Waals surface area (Å²) in [6, 6.07) is 15.7. The molecule has 0 atom stereocenters. The SMILES string of the molecule is Cn1cnnc1CNc1ccc(C(=O)N2CCc3ccccc32)cc1. The second kappa shape index (κ2) is 6.39. The van der Waals surface area contributed by atoms with E-state index in [2.05, 4.69) is 21.6 Å². The molecule has 0 unspecified atom stereocenters. The van der Waals surface area contributed by atoms with Gasteiger partial charge in [-0.2, -0.15) is 0 Å². The smallest absolute Gasteiger partial charge is 0.258 e. The minimum atomic E-state index is 0.0461. The summed E-state index contributed by atoms with van der Waals surface area (Å²) in [5.41, 5.74) is 3.90. The summed E-state index contributed by atoms with van der Waals surface area (Å²) < 4.78 is 1.87. The van der Waals surface area contributed by atoms with Crippen LogP contribution in [0.15, 0.2) is 54.9 Å². The number of carbonyl (C=O) groups excluding carboxylic acids is 1. The first-order valence-corrected chi connectivity index (χ1v) is 8.29. The Kier molecular flexibility index (Phi) is 3.93. The summed E-state index contributed by atoms with van der Waals surface area (Å²) in [4.78, 5) is 14.7. The highest BCUT2D eigenvalue weighted by atomic mass is 16.2. The summed E-state index contributed by atoms with van der Waals surface area (Å²) in [6.45, 7) is 1.33. The van der Waals surface area contributed by atoms with E-state index < -0.39 is 0 Å². The van der Waals surface area contributed by atoms with Crippen molar-refractivity contribution in [1.29, 1.82) is 0 Å². The molecule has 0 spiro atoms. The second-order valence-electron chi connectivity index (χ2n) is 6.12. The van der Waals surface area contributed by atoms with Crippen molar-refractivity contribution in [2.75, 3.05) is 16.8 Å². The van der Waals surface area contributed by atoms with Crippen molar-refractivity contribution in [3.8, 4) is 0 Å². The highest BCUT2D eigenvalue weighted by molar-refractivity contribution is 6.07. The number of carbonyl (C=O) groups is 1. The maximum atomic E-state index is 12.8. The van der Waals surface area contributed by atoms with E-state index in [1.807, 2.05) is 59.0 Å². The van der Waals surface area contributed by atoms with Gasteiger partial charge in [-0.25, -0.2) is 0 Å². The van der Waals surface area contributed by atoms with Crippen LogP contribution in [-0.4, -0.2) is 27.2 Å². The van der Waals surface area contributed by atoms with Crippen LogP contribution in [0.25, 0.3) is 0 Å². The fraction of sp³-hybridized carbons (Fsp3) is 0.211. The molecule has 25 heavy (non-hydrogen) atoms. The van der Waals surface area contributed by atoms with E-state index in [9.17, 15) is 4.79 Å². The van der Waals surface area contributed by atoms with E-state index in [-0.39, 0.29) is 5.91 Å². The molecule has 1 aromatic heterocycles. The third-order valence-electron chi connectivity index (χ3n) is 4.52. The maximum absolute atomic E-state index is 12.8. The average molecular weight is 333 g/mol. The van der Waals surface area contributed by atoms with E-state index in [0.29, 0.717) is 12.1 Å². The minimum absolute atomic E-state index is 0.0461. The van der Waals surface area contributed by atoms with Gasteiger partial charge in [0.25, 0.3) is 5.91 Å². The molecule has 0 saturated heterocycles. The predicted molar refractivity (Wildman–Crippen MR) is 96.6 cm³/mol. The number of amides is 1. The number of aryl methyl sites for hydroxylation is 1. The van der Waals surface area contributed by atoms with Crippen molar-refractivity contribution in [3.63, 3.8) is 0 Å². The number of aromatic nitrogens is 3. The van der Waals surface area contributed by atoms with Crippen LogP contribution in [0.1, 0.15) is 21.7 Å². The molecule has 4 rings (SSSR count). The van der Waals surface area contributed by atoms with E-state index in [0.717, 1.165) is 30.2 Å². The molecule has 6 heteroatoms. The van der Waals surface area contributed by atoms with Crippen LogP contribution in [0.5, 0.6) is 0 Å². The van der Waals surface area contributed by atoms with Crippen LogP contribution >= 0.6 is 0 Å². The van der Waals surface area contributed by atoms with Gasteiger partial charge in [-0.15, -0.1) is 10.2 Å². The standard InChI is InChI=1S/C19H19N5O/c1-23-13-21-22-18(23)12-20-16-8-6-15(7-9-16)19(25)24-11-10-14-4-2-3-5-17(14)24/h2-9,13,20H,10-12H2,1H3. The van der Waals surface area contributed by atoms with Gasteiger partial charge in [0.1, 0.15) is 6.33 Å². The molecule has 126 valence electrons. The van der Waals surface area contributed by atoms with Crippen molar-refractivity contribution in [2.45, 2.75) is 13.0 Å². The lowest BCUT2D eigenvalue weighted by molar-refractivity contribution is 0.0989. The zero-order valence-electron chi connectivity index (χ0n) is 14.0. The number of fused-ring (bicyclic) bond motifs is 1. The van der Waals surface area contributed by atoms with Crippen LogP contribution in [0.2, 0.25) is 0 Å². The number of anilines is 2. The van der Waals surface area contributed by atoms with Crippen LogP contribution in [0, 0.1) is 0 Å². The van der Waals surface area contributed by atoms with Gasteiger partial charge < -0.3 is 14.8 Å². The molecule has 1 N–H and O–H groups in total. The van der Waals surface area contributed by atoms with Crippen molar-refractivity contribution in [1.82, 2.24) is 14.8 Å². The summed E-state index contributed by atoms with van der Waals surface area (Å²) in [7, 11) is 1.91. The van der Waals surface area contributed by atoms with E-state index >= 15 is 0 Å². The fourth-order valence-corrected chi connectivity index (χ4v) is 3.08. The Balaban J connectivity index is 1.45. The van der Waals surface area contributed by atoms with Crippen molar-refractivity contribution in [2.24, 2.45) is 7.05 Å². The Morgan fingerprint density at radius 3 is 2.72 bits per heavy atom. The van der Waals surface area contributed by atoms with Crippen molar-refractivity contribution >= 4 is 17.3 Å². The molecule has 1 aliphatic heterocycles. The van der Waals surface area contributed by atoms with Crippen LogP contribution in [0.4, 0.5) is 11.4 Å². The third kappa shape index (κ3) is 2.98. The molecule has 2 aromatic carbocycles. The van der Waals surface area contributed by atoms with Gasteiger partial charge in [-0.05, 0) is 42.3 Å². The van der Waals surface area contributed by atoms with Gasteiger partial charge in [-0.1, -0.05) is 18.2 Å². The number of nitrogens with zero attached hydrogens (tertiary/aromatic N) is 4. The Morgan fingerprint density at radius 2 is 1.96 bits per heavy atom. The average Bonchev–Trinajstić information content (AvgIpc) is 3.26. The lowest BCUT2D eigenvalue weighted by Gasteiger charge is -2.17. The highest BCUT2D eigenvalue weighted by Gasteiger charge is 2.24. The van der Waals surface area contributed by atoms with Crippen LogP contribution in [0.3, 0.4) is 0 Å². The normalized spacial score (nSPS) is 12.9. The molecule has 1 amide bonds. The molecular formula is C19H19N5O. The number of para-hydroxylation sites is 1. The zero-order valence-corrected chi connectivity index (χ0v) is 14.0. The first-order valence-electron chi connectivity index (χ1n) is 8.29. The van der Waals surface area contributed by atoms with Crippen LogP contribution in [-0.2, 0) is 20.0 Å². The number of nitrogens with one attached hydrogen (secondary N) is 1. The van der Waals surface area contributed by atoms with E-state index in [1.165, 1.54) is 5.56 Å². The van der Waals surface area contributed by atoms with Gasteiger partial charge in [0.15, 0.2) is 5.82 Å². The largest absolute Gasteiger partial charge is 0.378 e. The minimum Gasteiger partial charge on any atom is -0.378 e. The molecule has 3 aromatic rings. The van der Waals surface area contributed by atoms with Gasteiger partial charge in [-0.3, -0.25) is 4.79 Å². The lowest BCUT2D eigenvalue weighted by Crippen LogP contribution is -2.28. The lowest BCUT2D eigenvalue weighted by atomic mass is 10.1. The quantitative estimate of drug-likeness (QED) is 0.797. The number of hydrogen-bond acceptors (Lipinski definition) is 4. The maximum Gasteiger partial charge on any atom is 0.258 e. The number of rotatable bonds is 4. The van der Waals surface area contributed by atoms with Gasteiger partial charge in [0, 0.05) is 30.5 Å².